The van der Waals surface area contributed by atoms with Crippen LogP contribution in [-0.4, -0.2) is 21.2 Å². The maximum atomic E-state index is 9.59. The Balaban J connectivity index is 1.86. The van der Waals surface area contributed by atoms with E-state index in [-0.39, 0.29) is 6.10 Å². The highest BCUT2D eigenvalue weighted by molar-refractivity contribution is 9.10. The van der Waals surface area contributed by atoms with E-state index in [0.29, 0.717) is 5.92 Å². The summed E-state index contributed by atoms with van der Waals surface area (Å²) in [6.45, 7) is 0. The third-order valence-corrected chi connectivity index (χ3v) is 4.35. The minimum Gasteiger partial charge on any atom is -0.393 e. The number of hydrogen-bond acceptors (Lipinski definition) is 3. The molecule has 0 atom stereocenters. The van der Waals surface area contributed by atoms with Gasteiger partial charge >= 0.3 is 0 Å². The standard InChI is InChI=1S/C16H17BrN2O/c17-13-3-1-2-12(10-13)15-8-9-18-16(19-15)11-4-6-14(20)7-5-11/h1-3,8-11,14,20H,4-7H2. The van der Waals surface area contributed by atoms with Gasteiger partial charge in [-0.05, 0) is 43.9 Å². The lowest BCUT2D eigenvalue weighted by Crippen LogP contribution is -2.18. The van der Waals surface area contributed by atoms with Gasteiger partial charge in [-0.2, -0.15) is 0 Å². The Kier molecular flexibility index (Phi) is 4.13. The first-order valence-electron chi connectivity index (χ1n) is 6.99. The Bertz CT molecular complexity index is 595. The molecule has 1 aliphatic carbocycles. The van der Waals surface area contributed by atoms with Crippen LogP contribution in [0.1, 0.15) is 37.4 Å². The van der Waals surface area contributed by atoms with Gasteiger partial charge in [-0.3, -0.25) is 0 Å². The number of rotatable bonds is 2. The minimum absolute atomic E-state index is 0.139. The Labute approximate surface area is 127 Å². The molecule has 1 aliphatic rings. The van der Waals surface area contributed by atoms with Crippen molar-refractivity contribution in [1.29, 1.82) is 0 Å². The molecule has 3 rings (SSSR count). The van der Waals surface area contributed by atoms with Gasteiger partial charge in [-0.25, -0.2) is 9.97 Å². The monoisotopic (exact) mass is 332 g/mol. The molecule has 4 heteroatoms. The zero-order valence-electron chi connectivity index (χ0n) is 11.2. The second kappa shape index (κ2) is 6.02. The Morgan fingerprint density at radius 1 is 1.10 bits per heavy atom. The van der Waals surface area contributed by atoms with E-state index in [1.807, 2.05) is 24.4 Å². The van der Waals surface area contributed by atoms with Crippen LogP contribution >= 0.6 is 15.9 Å². The molecule has 0 unspecified atom stereocenters. The van der Waals surface area contributed by atoms with Crippen molar-refractivity contribution in [1.82, 2.24) is 9.97 Å². The molecule has 1 saturated carbocycles. The molecule has 0 radical (unpaired) electrons. The van der Waals surface area contributed by atoms with E-state index in [4.69, 9.17) is 4.98 Å². The van der Waals surface area contributed by atoms with Gasteiger partial charge in [0.25, 0.3) is 0 Å². The van der Waals surface area contributed by atoms with Crippen LogP contribution < -0.4 is 0 Å². The maximum absolute atomic E-state index is 9.59. The number of aliphatic hydroxyl groups is 1. The average molecular weight is 333 g/mol. The number of halogens is 1. The summed E-state index contributed by atoms with van der Waals surface area (Å²) in [5, 5.41) is 9.59. The van der Waals surface area contributed by atoms with Crippen LogP contribution in [0.5, 0.6) is 0 Å². The number of aromatic nitrogens is 2. The number of benzene rings is 1. The highest BCUT2D eigenvalue weighted by atomic mass is 79.9. The summed E-state index contributed by atoms with van der Waals surface area (Å²) in [4.78, 5) is 9.15. The first-order chi connectivity index (χ1) is 9.72. The van der Waals surface area contributed by atoms with Gasteiger partial charge < -0.3 is 5.11 Å². The van der Waals surface area contributed by atoms with E-state index in [1.165, 1.54) is 0 Å². The second-order valence-corrected chi connectivity index (χ2v) is 6.23. The molecular weight excluding hydrogens is 316 g/mol. The van der Waals surface area contributed by atoms with Crippen LogP contribution in [-0.2, 0) is 0 Å². The molecule has 0 spiro atoms. The topological polar surface area (TPSA) is 46.0 Å². The van der Waals surface area contributed by atoms with E-state index in [1.54, 1.807) is 0 Å². The van der Waals surface area contributed by atoms with Crippen LogP contribution in [0.4, 0.5) is 0 Å². The van der Waals surface area contributed by atoms with Gasteiger partial charge in [0, 0.05) is 22.2 Å². The molecule has 3 nitrogen and oxygen atoms in total. The Morgan fingerprint density at radius 3 is 2.65 bits per heavy atom. The Morgan fingerprint density at radius 2 is 1.90 bits per heavy atom. The smallest absolute Gasteiger partial charge is 0.132 e. The van der Waals surface area contributed by atoms with Gasteiger partial charge in [0.05, 0.1) is 11.8 Å². The van der Waals surface area contributed by atoms with Crippen molar-refractivity contribution in [3.8, 4) is 11.3 Å². The highest BCUT2D eigenvalue weighted by Gasteiger charge is 2.23. The normalized spacial score (nSPS) is 22.7. The summed E-state index contributed by atoms with van der Waals surface area (Å²) in [6, 6.07) is 10.1. The van der Waals surface area contributed by atoms with Crippen molar-refractivity contribution in [2.75, 3.05) is 0 Å². The molecule has 20 heavy (non-hydrogen) atoms. The van der Waals surface area contributed by atoms with Crippen LogP contribution in [0.15, 0.2) is 41.0 Å². The lowest BCUT2D eigenvalue weighted by atomic mass is 9.87. The molecule has 1 heterocycles. The molecule has 2 aromatic rings. The van der Waals surface area contributed by atoms with Gasteiger partial charge in [-0.1, -0.05) is 28.1 Å². The lowest BCUT2D eigenvalue weighted by Gasteiger charge is -2.24. The van der Waals surface area contributed by atoms with E-state index in [0.717, 1.165) is 47.2 Å². The molecule has 1 aromatic heterocycles. The van der Waals surface area contributed by atoms with E-state index >= 15 is 0 Å². The lowest BCUT2D eigenvalue weighted by molar-refractivity contribution is 0.121. The SMILES string of the molecule is OC1CCC(c2nccc(-c3cccc(Br)c3)n2)CC1. The molecule has 1 N–H and O–H groups in total. The zero-order valence-corrected chi connectivity index (χ0v) is 12.8. The van der Waals surface area contributed by atoms with Crippen molar-refractivity contribution in [3.63, 3.8) is 0 Å². The van der Waals surface area contributed by atoms with Gasteiger partial charge in [0.1, 0.15) is 5.82 Å². The molecule has 1 aromatic carbocycles. The zero-order chi connectivity index (χ0) is 13.9. The predicted molar refractivity (Wildman–Crippen MR) is 82.4 cm³/mol. The first kappa shape index (κ1) is 13.7. The molecule has 0 saturated heterocycles. The first-order valence-corrected chi connectivity index (χ1v) is 7.78. The fourth-order valence-corrected chi connectivity index (χ4v) is 3.11. The third kappa shape index (κ3) is 3.07. The Hall–Kier alpha value is -1.26. The van der Waals surface area contributed by atoms with Crippen LogP contribution in [0.25, 0.3) is 11.3 Å². The van der Waals surface area contributed by atoms with Crippen LogP contribution in [0, 0.1) is 0 Å². The number of aliphatic hydroxyl groups excluding tert-OH is 1. The predicted octanol–water partition coefficient (Wildman–Crippen LogP) is 3.92. The average Bonchev–Trinajstić information content (AvgIpc) is 2.48. The third-order valence-electron chi connectivity index (χ3n) is 3.86. The van der Waals surface area contributed by atoms with Crippen molar-refractivity contribution >= 4 is 15.9 Å². The van der Waals surface area contributed by atoms with Gasteiger partial charge in [0.15, 0.2) is 0 Å². The number of nitrogens with zero attached hydrogens (tertiary/aromatic N) is 2. The van der Waals surface area contributed by atoms with E-state index in [9.17, 15) is 5.11 Å². The van der Waals surface area contributed by atoms with Crippen molar-refractivity contribution < 1.29 is 5.11 Å². The molecule has 104 valence electrons. The summed E-state index contributed by atoms with van der Waals surface area (Å²) >= 11 is 3.49. The summed E-state index contributed by atoms with van der Waals surface area (Å²) < 4.78 is 1.05. The summed E-state index contributed by atoms with van der Waals surface area (Å²) in [5.74, 6) is 1.29. The minimum atomic E-state index is -0.139. The molecule has 0 amide bonds. The van der Waals surface area contributed by atoms with E-state index in [2.05, 4.69) is 33.0 Å². The molecule has 1 fully saturated rings. The largest absolute Gasteiger partial charge is 0.393 e. The fourth-order valence-electron chi connectivity index (χ4n) is 2.71. The fraction of sp³-hybridized carbons (Fsp3) is 0.375. The van der Waals surface area contributed by atoms with Crippen molar-refractivity contribution in [2.24, 2.45) is 0 Å². The van der Waals surface area contributed by atoms with Crippen molar-refractivity contribution in [2.45, 2.75) is 37.7 Å². The van der Waals surface area contributed by atoms with Gasteiger partial charge in [0.2, 0.25) is 0 Å². The molecular formula is C16H17BrN2O. The van der Waals surface area contributed by atoms with Crippen LogP contribution in [0.3, 0.4) is 0 Å². The summed E-state index contributed by atoms with van der Waals surface area (Å²) in [7, 11) is 0. The maximum Gasteiger partial charge on any atom is 0.132 e. The second-order valence-electron chi connectivity index (χ2n) is 5.32. The van der Waals surface area contributed by atoms with Crippen molar-refractivity contribution in [3.05, 3.63) is 46.8 Å². The van der Waals surface area contributed by atoms with Gasteiger partial charge in [-0.15, -0.1) is 0 Å². The summed E-state index contributed by atoms with van der Waals surface area (Å²) in [6.07, 6.45) is 5.36. The van der Waals surface area contributed by atoms with Crippen LogP contribution in [0.2, 0.25) is 0 Å². The quantitative estimate of drug-likeness (QED) is 0.906. The molecule has 0 bridgehead atoms. The molecule has 0 aliphatic heterocycles. The number of hydrogen-bond donors (Lipinski definition) is 1. The highest BCUT2D eigenvalue weighted by Crippen LogP contribution is 2.31. The van der Waals surface area contributed by atoms with E-state index < -0.39 is 0 Å². The summed E-state index contributed by atoms with van der Waals surface area (Å²) in [5.41, 5.74) is 2.06.